The summed E-state index contributed by atoms with van der Waals surface area (Å²) in [7, 11) is 2.28. The van der Waals surface area contributed by atoms with Gasteiger partial charge in [-0.25, -0.2) is 0 Å². The Balaban J connectivity index is 1.71. The Bertz CT molecular complexity index is 686. The lowest BCUT2D eigenvalue weighted by Crippen LogP contribution is -2.69. The van der Waals surface area contributed by atoms with E-state index in [2.05, 4.69) is 48.0 Å². The minimum absolute atomic E-state index is 0.147. The lowest BCUT2D eigenvalue weighted by Gasteiger charge is -2.58. The Morgan fingerprint density at radius 1 is 1.22 bits per heavy atom. The summed E-state index contributed by atoms with van der Waals surface area (Å²) in [6, 6.07) is 9.37. The van der Waals surface area contributed by atoms with Crippen molar-refractivity contribution in [3.05, 3.63) is 29.8 Å². The second-order valence-corrected chi connectivity index (χ2v) is 8.16. The first kappa shape index (κ1) is 13.9. The van der Waals surface area contributed by atoms with Crippen LogP contribution in [0, 0.1) is 5.41 Å². The Labute approximate surface area is 138 Å². The van der Waals surface area contributed by atoms with E-state index in [-0.39, 0.29) is 5.54 Å². The zero-order valence-corrected chi connectivity index (χ0v) is 14.2. The van der Waals surface area contributed by atoms with Gasteiger partial charge in [-0.2, -0.15) is 0 Å². The van der Waals surface area contributed by atoms with E-state index in [9.17, 15) is 4.79 Å². The van der Waals surface area contributed by atoms with Gasteiger partial charge in [-0.05, 0) is 49.1 Å². The number of likely N-dealkylation sites (N-methyl/N-ethyl adjacent to an activating group) is 1. The van der Waals surface area contributed by atoms with Gasteiger partial charge in [0.25, 0.3) is 0 Å². The molecule has 3 heterocycles. The Morgan fingerprint density at radius 3 is 2.87 bits per heavy atom. The van der Waals surface area contributed by atoms with Gasteiger partial charge in [-0.3, -0.25) is 4.79 Å². The van der Waals surface area contributed by atoms with Gasteiger partial charge in [-0.1, -0.05) is 25.1 Å². The van der Waals surface area contributed by atoms with Crippen molar-refractivity contribution in [2.75, 3.05) is 18.5 Å². The maximum absolute atomic E-state index is 12.7. The number of nitrogens with zero attached hydrogens (tertiary/aromatic N) is 2. The van der Waals surface area contributed by atoms with Crippen LogP contribution in [0.5, 0.6) is 0 Å². The van der Waals surface area contributed by atoms with E-state index in [1.54, 1.807) is 0 Å². The van der Waals surface area contributed by atoms with Gasteiger partial charge in [0.1, 0.15) is 0 Å². The third-order valence-corrected chi connectivity index (χ3v) is 7.81. The number of carbonyl (C=O) groups excluding carboxylic acids is 1. The number of para-hydroxylation sites is 1. The van der Waals surface area contributed by atoms with E-state index in [1.807, 2.05) is 0 Å². The topological polar surface area (TPSA) is 23.6 Å². The molecule has 0 aromatic heterocycles. The van der Waals surface area contributed by atoms with Gasteiger partial charge in [0.05, 0.1) is 11.6 Å². The van der Waals surface area contributed by atoms with Gasteiger partial charge >= 0.3 is 0 Å². The molecule has 0 radical (unpaired) electrons. The number of anilines is 1. The highest BCUT2D eigenvalue weighted by Gasteiger charge is 2.69. The summed E-state index contributed by atoms with van der Waals surface area (Å²) in [5.41, 5.74) is 3.43. The number of carbonyl (C=O) groups is 1. The molecule has 5 rings (SSSR count). The number of benzene rings is 1. The first-order valence-electron chi connectivity index (χ1n) is 9.26. The molecular weight excluding hydrogens is 284 g/mol. The van der Waals surface area contributed by atoms with Crippen LogP contribution in [-0.2, 0) is 4.79 Å². The smallest absolute Gasteiger partial charge is 0.222 e. The maximum atomic E-state index is 12.7. The quantitative estimate of drug-likeness (QED) is 0.792. The molecule has 4 aliphatic rings. The summed E-state index contributed by atoms with van der Waals surface area (Å²) in [6.07, 6.45) is 6.73. The average Bonchev–Trinajstić information content (AvgIpc) is 3.07. The molecule has 1 spiro atoms. The zero-order chi connectivity index (χ0) is 15.8. The highest BCUT2D eigenvalue weighted by Crippen LogP contribution is 2.66. The van der Waals surface area contributed by atoms with E-state index in [1.165, 1.54) is 30.5 Å². The molecule has 1 aromatic rings. The summed E-state index contributed by atoms with van der Waals surface area (Å²) < 4.78 is 0. The number of fused-ring (bicyclic) bond motifs is 2. The minimum Gasteiger partial charge on any atom is -0.366 e. The molecule has 4 atom stereocenters. The van der Waals surface area contributed by atoms with Crippen molar-refractivity contribution >= 4 is 11.6 Å². The van der Waals surface area contributed by atoms with Crippen LogP contribution >= 0.6 is 0 Å². The molecule has 0 unspecified atom stereocenters. The first-order valence-corrected chi connectivity index (χ1v) is 9.26. The number of amides is 1. The van der Waals surface area contributed by atoms with Gasteiger partial charge in [0, 0.05) is 31.6 Å². The third kappa shape index (κ3) is 1.41. The second kappa shape index (κ2) is 4.31. The van der Waals surface area contributed by atoms with Crippen molar-refractivity contribution in [1.82, 2.24) is 4.90 Å². The van der Waals surface area contributed by atoms with E-state index >= 15 is 0 Å². The molecule has 0 bridgehead atoms. The Hall–Kier alpha value is -1.51. The summed E-state index contributed by atoms with van der Waals surface area (Å²) >= 11 is 0. The van der Waals surface area contributed by atoms with Crippen LogP contribution in [0.25, 0.3) is 0 Å². The maximum Gasteiger partial charge on any atom is 0.222 e. The molecule has 23 heavy (non-hydrogen) atoms. The second-order valence-electron chi connectivity index (χ2n) is 8.16. The van der Waals surface area contributed by atoms with Gasteiger partial charge < -0.3 is 9.80 Å². The SMILES string of the molecule is CC[C@@]12CCC(=O)N3CC[C@@H]4c5ccccc5N(C)[C@]4(CC1)[C@H]32. The van der Waals surface area contributed by atoms with Crippen LogP contribution < -0.4 is 4.90 Å². The van der Waals surface area contributed by atoms with Crippen molar-refractivity contribution in [2.45, 2.75) is 62.9 Å². The zero-order valence-electron chi connectivity index (χ0n) is 14.2. The highest BCUT2D eigenvalue weighted by atomic mass is 16.2. The number of piperidine rings is 2. The van der Waals surface area contributed by atoms with Crippen molar-refractivity contribution in [1.29, 1.82) is 0 Å². The normalized spacial score (nSPS) is 40.9. The van der Waals surface area contributed by atoms with Crippen molar-refractivity contribution < 1.29 is 4.79 Å². The molecule has 1 saturated carbocycles. The number of hydrogen-bond donors (Lipinski definition) is 0. The summed E-state index contributed by atoms with van der Waals surface area (Å²) in [4.78, 5) is 17.5. The van der Waals surface area contributed by atoms with E-state index in [4.69, 9.17) is 0 Å². The molecule has 3 fully saturated rings. The third-order valence-electron chi connectivity index (χ3n) is 7.81. The lowest BCUT2D eigenvalue weighted by atomic mass is 9.64. The molecule has 3 aliphatic heterocycles. The summed E-state index contributed by atoms with van der Waals surface area (Å²) in [6.45, 7) is 3.30. The molecule has 0 N–H and O–H groups in total. The van der Waals surface area contributed by atoms with Crippen molar-refractivity contribution in [2.24, 2.45) is 5.41 Å². The monoisotopic (exact) mass is 310 g/mol. The molecule has 1 amide bonds. The van der Waals surface area contributed by atoms with Gasteiger partial charge in [0.2, 0.25) is 5.91 Å². The van der Waals surface area contributed by atoms with E-state index < -0.39 is 0 Å². The molecule has 2 saturated heterocycles. The summed E-state index contributed by atoms with van der Waals surface area (Å²) in [5.74, 6) is 1.01. The fourth-order valence-corrected chi connectivity index (χ4v) is 6.76. The highest BCUT2D eigenvalue weighted by molar-refractivity contribution is 5.80. The van der Waals surface area contributed by atoms with Crippen LogP contribution in [0.4, 0.5) is 5.69 Å². The van der Waals surface area contributed by atoms with Gasteiger partial charge in [0.15, 0.2) is 0 Å². The molecular formula is C20H26N2O. The number of hydrogen-bond acceptors (Lipinski definition) is 2. The average molecular weight is 310 g/mol. The largest absolute Gasteiger partial charge is 0.366 e. The van der Waals surface area contributed by atoms with Gasteiger partial charge in [-0.15, -0.1) is 0 Å². The first-order chi connectivity index (χ1) is 11.1. The Kier molecular flexibility index (Phi) is 2.60. The fourth-order valence-electron chi connectivity index (χ4n) is 6.76. The predicted molar refractivity (Wildman–Crippen MR) is 91.6 cm³/mol. The van der Waals surface area contributed by atoms with E-state index in [0.29, 0.717) is 23.3 Å². The molecule has 3 heteroatoms. The van der Waals surface area contributed by atoms with Crippen LogP contribution in [0.1, 0.15) is 56.9 Å². The minimum atomic E-state index is 0.147. The lowest BCUT2D eigenvalue weighted by molar-refractivity contribution is -0.147. The van der Waals surface area contributed by atoms with E-state index in [0.717, 1.165) is 25.8 Å². The Morgan fingerprint density at radius 2 is 2.04 bits per heavy atom. The molecule has 3 nitrogen and oxygen atoms in total. The van der Waals surface area contributed by atoms with Crippen LogP contribution in [-0.4, -0.2) is 36.0 Å². The van der Waals surface area contributed by atoms with Crippen molar-refractivity contribution in [3.63, 3.8) is 0 Å². The van der Waals surface area contributed by atoms with Crippen molar-refractivity contribution in [3.8, 4) is 0 Å². The predicted octanol–water partition coefficient (Wildman–Crippen LogP) is 3.54. The summed E-state index contributed by atoms with van der Waals surface area (Å²) in [5, 5.41) is 0. The standard InChI is InChI=1S/C20H26N2O/c1-3-19-10-8-17(23)22-13-9-15-14-6-4-5-7-16(14)21(2)20(15,12-11-19)18(19)22/h4-7,15,18H,3,8-13H2,1-2H3/t15-,18-,19-,20+/m1/s1. The van der Waals surface area contributed by atoms with Crippen LogP contribution in [0.3, 0.4) is 0 Å². The molecule has 122 valence electrons. The molecule has 1 aliphatic carbocycles. The van der Waals surface area contributed by atoms with Crippen LogP contribution in [0.2, 0.25) is 0 Å². The van der Waals surface area contributed by atoms with Crippen LogP contribution in [0.15, 0.2) is 24.3 Å². The number of rotatable bonds is 1. The fraction of sp³-hybridized carbons (Fsp3) is 0.650. The molecule has 1 aromatic carbocycles.